The second kappa shape index (κ2) is 9.88. The van der Waals surface area contributed by atoms with E-state index >= 15 is 0 Å². The first-order valence-corrected chi connectivity index (χ1v) is 11.3. The van der Waals surface area contributed by atoms with Crippen molar-refractivity contribution >= 4 is 15.7 Å². The van der Waals surface area contributed by atoms with E-state index in [1.54, 1.807) is 38.5 Å². The van der Waals surface area contributed by atoms with Crippen LogP contribution in [-0.2, 0) is 9.84 Å². The molecule has 0 bridgehead atoms. The van der Waals surface area contributed by atoms with Crippen LogP contribution in [0.1, 0.15) is 22.2 Å². The van der Waals surface area contributed by atoms with Crippen molar-refractivity contribution in [3.8, 4) is 11.5 Å². The van der Waals surface area contributed by atoms with Crippen molar-refractivity contribution in [3.05, 3.63) is 72.0 Å². The van der Waals surface area contributed by atoms with Crippen molar-refractivity contribution in [3.63, 3.8) is 0 Å². The average molecular weight is 459 g/mol. The molecule has 0 aliphatic carbocycles. The van der Waals surface area contributed by atoms with Crippen molar-refractivity contribution in [1.29, 1.82) is 0 Å². The smallest absolute Gasteiger partial charge is 0.287 e. The van der Waals surface area contributed by atoms with Crippen LogP contribution in [0, 0.1) is 0 Å². The zero-order valence-corrected chi connectivity index (χ0v) is 19.2. The van der Waals surface area contributed by atoms with Crippen molar-refractivity contribution in [1.82, 2.24) is 10.2 Å². The fraction of sp³-hybridized carbons (Fsp3) is 0.261. The van der Waals surface area contributed by atoms with Crippen LogP contribution in [0.25, 0.3) is 0 Å². The fourth-order valence-electron chi connectivity index (χ4n) is 3.24. The van der Waals surface area contributed by atoms with Crippen LogP contribution in [0.2, 0.25) is 0 Å². The molecule has 0 spiro atoms. The number of methoxy groups -OCH3 is 2. The number of benzene rings is 2. The van der Waals surface area contributed by atoms with E-state index in [9.17, 15) is 13.2 Å². The normalized spacial score (nSPS) is 12.4. The van der Waals surface area contributed by atoms with Gasteiger partial charge < -0.3 is 24.1 Å². The number of hydrogen-bond acceptors (Lipinski definition) is 7. The molecule has 0 radical (unpaired) electrons. The lowest BCUT2D eigenvalue weighted by atomic mass is 10.0. The minimum atomic E-state index is -3.83. The molecular weight excluding hydrogens is 432 g/mol. The molecule has 1 aromatic heterocycles. The molecule has 0 saturated heterocycles. The standard InChI is InChI=1S/C23H26N2O6S/c1-25(2)18(16-10-11-19(29-3)21(14-16)30-4)15-24-23(26)20-12-13-22(31-20)32(27,28)17-8-6-5-7-9-17/h5-14,18H,15H2,1-4H3,(H,24,26). The summed E-state index contributed by atoms with van der Waals surface area (Å²) in [6, 6.07) is 16.0. The molecule has 1 atom stereocenters. The molecule has 9 heteroatoms. The molecular formula is C23H26N2O6S. The first kappa shape index (κ1) is 23.4. The molecule has 1 heterocycles. The molecule has 32 heavy (non-hydrogen) atoms. The minimum absolute atomic E-state index is 0.0793. The van der Waals surface area contributed by atoms with E-state index < -0.39 is 15.7 Å². The Morgan fingerprint density at radius 3 is 2.31 bits per heavy atom. The Bertz CT molecular complexity index is 1170. The van der Waals surface area contributed by atoms with Gasteiger partial charge in [-0.25, -0.2) is 8.42 Å². The third kappa shape index (κ3) is 4.95. The monoisotopic (exact) mass is 458 g/mol. The van der Waals surface area contributed by atoms with Gasteiger partial charge in [0.2, 0.25) is 14.9 Å². The van der Waals surface area contributed by atoms with E-state index in [4.69, 9.17) is 13.9 Å². The highest BCUT2D eigenvalue weighted by atomic mass is 32.2. The van der Waals surface area contributed by atoms with E-state index in [1.807, 2.05) is 31.1 Å². The Kier molecular flexibility index (Phi) is 7.22. The van der Waals surface area contributed by atoms with Gasteiger partial charge in [0.25, 0.3) is 5.91 Å². The van der Waals surface area contributed by atoms with Gasteiger partial charge in [-0.2, -0.15) is 0 Å². The van der Waals surface area contributed by atoms with Crippen LogP contribution in [0.5, 0.6) is 11.5 Å². The lowest BCUT2D eigenvalue weighted by Crippen LogP contribution is -2.34. The van der Waals surface area contributed by atoms with Gasteiger partial charge in [0.15, 0.2) is 17.3 Å². The Hall–Kier alpha value is -3.30. The van der Waals surface area contributed by atoms with Gasteiger partial charge in [0.05, 0.1) is 25.2 Å². The lowest BCUT2D eigenvalue weighted by Gasteiger charge is -2.25. The molecule has 8 nitrogen and oxygen atoms in total. The Balaban J connectivity index is 1.74. The molecule has 0 saturated carbocycles. The number of nitrogens with one attached hydrogen (secondary N) is 1. The van der Waals surface area contributed by atoms with Gasteiger partial charge in [-0.15, -0.1) is 0 Å². The van der Waals surface area contributed by atoms with E-state index in [2.05, 4.69) is 5.32 Å². The van der Waals surface area contributed by atoms with E-state index in [-0.39, 0.29) is 28.3 Å². The predicted octanol–water partition coefficient (Wildman–Crippen LogP) is 3.16. The number of ether oxygens (including phenoxy) is 2. The second-order valence-corrected chi connectivity index (χ2v) is 9.12. The molecule has 170 valence electrons. The summed E-state index contributed by atoms with van der Waals surface area (Å²) in [5, 5.41) is 2.53. The van der Waals surface area contributed by atoms with E-state index in [0.29, 0.717) is 11.5 Å². The second-order valence-electron chi connectivity index (χ2n) is 7.24. The summed E-state index contributed by atoms with van der Waals surface area (Å²) in [4.78, 5) is 14.7. The first-order chi connectivity index (χ1) is 15.3. The number of amides is 1. The molecule has 0 aliphatic heterocycles. The minimum Gasteiger partial charge on any atom is -0.493 e. The maximum Gasteiger partial charge on any atom is 0.287 e. The Morgan fingerprint density at radius 2 is 1.69 bits per heavy atom. The number of furan rings is 1. The Labute approximate surface area is 187 Å². The molecule has 3 aromatic rings. The molecule has 1 unspecified atom stereocenters. The zero-order chi connectivity index (χ0) is 23.3. The van der Waals surface area contributed by atoms with E-state index in [0.717, 1.165) is 5.56 Å². The summed E-state index contributed by atoms with van der Waals surface area (Å²) in [6.07, 6.45) is 0. The van der Waals surface area contributed by atoms with Gasteiger partial charge in [-0.05, 0) is 56.1 Å². The summed E-state index contributed by atoms with van der Waals surface area (Å²) in [5.74, 6) is 0.613. The van der Waals surface area contributed by atoms with Gasteiger partial charge in [0.1, 0.15) is 0 Å². The largest absolute Gasteiger partial charge is 0.493 e. The molecule has 0 aliphatic rings. The first-order valence-electron chi connectivity index (χ1n) is 9.84. The molecule has 2 aromatic carbocycles. The predicted molar refractivity (Wildman–Crippen MR) is 119 cm³/mol. The highest BCUT2D eigenvalue weighted by Crippen LogP contribution is 2.31. The number of carbonyl (C=O) groups is 1. The third-order valence-electron chi connectivity index (χ3n) is 5.00. The quantitative estimate of drug-likeness (QED) is 0.526. The average Bonchev–Trinajstić information content (AvgIpc) is 3.30. The molecule has 0 fully saturated rings. The van der Waals surface area contributed by atoms with Crippen molar-refractivity contribution in [2.24, 2.45) is 0 Å². The van der Waals surface area contributed by atoms with Gasteiger partial charge >= 0.3 is 0 Å². The summed E-state index contributed by atoms with van der Waals surface area (Å²) in [5.41, 5.74) is 0.916. The Morgan fingerprint density at radius 1 is 1.00 bits per heavy atom. The van der Waals surface area contributed by atoms with Crippen LogP contribution in [-0.4, -0.2) is 54.1 Å². The third-order valence-corrected chi connectivity index (χ3v) is 6.64. The van der Waals surface area contributed by atoms with Crippen LogP contribution < -0.4 is 14.8 Å². The van der Waals surface area contributed by atoms with Crippen LogP contribution in [0.15, 0.2) is 75.1 Å². The number of nitrogens with zero attached hydrogens (tertiary/aromatic N) is 1. The molecule has 1 N–H and O–H groups in total. The maximum atomic E-state index is 12.7. The fourth-order valence-corrected chi connectivity index (χ4v) is 4.43. The highest BCUT2D eigenvalue weighted by Gasteiger charge is 2.24. The van der Waals surface area contributed by atoms with E-state index in [1.165, 1.54) is 24.3 Å². The number of likely N-dealkylation sites (N-methyl/N-ethyl adjacent to an activating group) is 1. The number of sulfone groups is 1. The highest BCUT2D eigenvalue weighted by molar-refractivity contribution is 7.91. The van der Waals surface area contributed by atoms with Crippen molar-refractivity contribution in [2.75, 3.05) is 34.9 Å². The van der Waals surface area contributed by atoms with Gasteiger partial charge in [-0.3, -0.25) is 4.79 Å². The van der Waals surface area contributed by atoms with Gasteiger partial charge in [0, 0.05) is 6.54 Å². The number of carbonyl (C=O) groups excluding carboxylic acids is 1. The van der Waals surface area contributed by atoms with Crippen LogP contribution in [0.4, 0.5) is 0 Å². The topological polar surface area (TPSA) is 98.1 Å². The summed E-state index contributed by atoms with van der Waals surface area (Å²) in [7, 11) is 3.08. The van der Waals surface area contributed by atoms with Crippen molar-refractivity contribution < 1.29 is 27.1 Å². The zero-order valence-electron chi connectivity index (χ0n) is 18.4. The van der Waals surface area contributed by atoms with Gasteiger partial charge in [-0.1, -0.05) is 24.3 Å². The maximum absolute atomic E-state index is 12.7. The lowest BCUT2D eigenvalue weighted by molar-refractivity contribution is 0.0908. The van der Waals surface area contributed by atoms with Crippen molar-refractivity contribution in [2.45, 2.75) is 16.0 Å². The van der Waals surface area contributed by atoms with Crippen LogP contribution >= 0.6 is 0 Å². The molecule has 3 rings (SSSR count). The SMILES string of the molecule is COc1ccc(C(CNC(=O)c2ccc(S(=O)(=O)c3ccccc3)o2)N(C)C)cc1OC. The molecule has 1 amide bonds. The summed E-state index contributed by atoms with van der Waals surface area (Å²) < 4.78 is 41.4. The summed E-state index contributed by atoms with van der Waals surface area (Å²) in [6.45, 7) is 0.267. The summed E-state index contributed by atoms with van der Waals surface area (Å²) >= 11 is 0. The number of rotatable bonds is 9. The van der Waals surface area contributed by atoms with Crippen LogP contribution in [0.3, 0.4) is 0 Å². The number of hydrogen-bond donors (Lipinski definition) is 1.